The van der Waals surface area contributed by atoms with Gasteiger partial charge in [-0.2, -0.15) is 0 Å². The monoisotopic (exact) mass is 189 g/mol. The van der Waals surface area contributed by atoms with Crippen LogP contribution in [0.5, 0.6) is 0 Å². The van der Waals surface area contributed by atoms with Crippen molar-refractivity contribution in [2.45, 2.75) is 38.1 Å². The summed E-state index contributed by atoms with van der Waals surface area (Å²) in [6.07, 6.45) is 4.75. The lowest BCUT2D eigenvalue weighted by Crippen LogP contribution is -2.46. The number of hydrogen-bond donors (Lipinski definition) is 1. The van der Waals surface area contributed by atoms with E-state index in [2.05, 4.69) is 12.2 Å². The van der Waals surface area contributed by atoms with Gasteiger partial charge in [0.15, 0.2) is 0 Å². The zero-order chi connectivity index (χ0) is 7.90. The van der Waals surface area contributed by atoms with Crippen LogP contribution >= 0.6 is 12.4 Å². The summed E-state index contributed by atoms with van der Waals surface area (Å²) in [7, 11) is 0. The molecule has 1 unspecified atom stereocenters. The van der Waals surface area contributed by atoms with Crippen LogP contribution in [0, 0.1) is 5.92 Å². The van der Waals surface area contributed by atoms with E-state index in [1.54, 1.807) is 0 Å². The number of Topliss-reactive ketones (excluding diaryl/α,β-unsaturated/α-hetero) is 1. The van der Waals surface area contributed by atoms with Crippen molar-refractivity contribution in [1.29, 1.82) is 0 Å². The molecule has 0 spiro atoms. The minimum Gasteiger partial charge on any atom is -0.304 e. The second kappa shape index (κ2) is 3.35. The first-order valence-corrected chi connectivity index (χ1v) is 4.47. The molecule has 2 rings (SSSR count). The lowest BCUT2D eigenvalue weighted by molar-refractivity contribution is -0.116. The van der Waals surface area contributed by atoms with E-state index < -0.39 is 0 Å². The molecule has 1 heterocycles. The second-order valence-corrected chi connectivity index (χ2v) is 4.11. The highest BCUT2D eigenvalue weighted by Gasteiger charge is 2.42. The molecule has 1 aliphatic carbocycles. The van der Waals surface area contributed by atoms with Gasteiger partial charge in [-0.1, -0.05) is 6.42 Å². The Balaban J connectivity index is 0.000000720. The lowest BCUT2D eigenvalue weighted by atomic mass is 9.71. The van der Waals surface area contributed by atoms with Gasteiger partial charge < -0.3 is 5.32 Å². The molecule has 1 saturated carbocycles. The second-order valence-electron chi connectivity index (χ2n) is 4.11. The third kappa shape index (κ3) is 1.50. The molecule has 12 heavy (non-hydrogen) atoms. The smallest absolute Gasteiger partial charge is 0.148 e. The SMILES string of the molecule is CC1(C2CCC2)CC(=O)CN1.Cl. The zero-order valence-corrected chi connectivity index (χ0v) is 8.25. The number of rotatable bonds is 1. The van der Waals surface area contributed by atoms with Gasteiger partial charge in [-0.05, 0) is 25.7 Å². The molecule has 2 fully saturated rings. The molecule has 3 heteroatoms. The van der Waals surface area contributed by atoms with Crippen molar-refractivity contribution in [2.75, 3.05) is 6.54 Å². The standard InChI is InChI=1S/C9H15NO.ClH/c1-9(7-3-2-4-7)5-8(11)6-10-9;/h7,10H,2-6H2,1H3;1H. The van der Waals surface area contributed by atoms with E-state index >= 15 is 0 Å². The van der Waals surface area contributed by atoms with Gasteiger partial charge in [0, 0.05) is 12.0 Å². The van der Waals surface area contributed by atoms with Crippen LogP contribution in [0.2, 0.25) is 0 Å². The summed E-state index contributed by atoms with van der Waals surface area (Å²) in [6, 6.07) is 0. The maximum Gasteiger partial charge on any atom is 0.148 e. The van der Waals surface area contributed by atoms with E-state index in [4.69, 9.17) is 0 Å². The van der Waals surface area contributed by atoms with Crippen molar-refractivity contribution in [3.8, 4) is 0 Å². The molecule has 0 bridgehead atoms. The van der Waals surface area contributed by atoms with Gasteiger partial charge in [0.1, 0.15) is 5.78 Å². The highest BCUT2D eigenvalue weighted by molar-refractivity contribution is 5.85. The Morgan fingerprint density at radius 3 is 2.50 bits per heavy atom. The van der Waals surface area contributed by atoms with Crippen LogP contribution in [0.1, 0.15) is 32.6 Å². The average molecular weight is 190 g/mol. The Morgan fingerprint density at radius 1 is 1.50 bits per heavy atom. The number of ketones is 1. The van der Waals surface area contributed by atoms with E-state index in [1.165, 1.54) is 19.3 Å². The van der Waals surface area contributed by atoms with Crippen LogP contribution < -0.4 is 5.32 Å². The van der Waals surface area contributed by atoms with Gasteiger partial charge in [0.05, 0.1) is 6.54 Å². The van der Waals surface area contributed by atoms with E-state index in [1.807, 2.05) is 0 Å². The summed E-state index contributed by atoms with van der Waals surface area (Å²) in [5.41, 5.74) is 0.162. The molecule has 1 saturated heterocycles. The number of carbonyl (C=O) groups is 1. The lowest BCUT2D eigenvalue weighted by Gasteiger charge is -2.39. The van der Waals surface area contributed by atoms with Crippen molar-refractivity contribution in [2.24, 2.45) is 5.92 Å². The molecule has 0 aromatic carbocycles. The van der Waals surface area contributed by atoms with Crippen molar-refractivity contribution >= 4 is 18.2 Å². The Hall–Kier alpha value is -0.0800. The molecule has 0 aromatic heterocycles. The quantitative estimate of drug-likeness (QED) is 0.678. The summed E-state index contributed by atoms with van der Waals surface area (Å²) in [5, 5.41) is 3.34. The van der Waals surface area contributed by atoms with Crippen molar-refractivity contribution < 1.29 is 4.79 Å². The molecule has 0 amide bonds. The Kier molecular flexibility index (Phi) is 2.79. The number of hydrogen-bond acceptors (Lipinski definition) is 2. The molecular formula is C9H16ClNO. The number of nitrogens with one attached hydrogen (secondary N) is 1. The zero-order valence-electron chi connectivity index (χ0n) is 7.43. The first-order valence-electron chi connectivity index (χ1n) is 4.47. The Bertz CT molecular complexity index is 191. The summed E-state index contributed by atoms with van der Waals surface area (Å²) >= 11 is 0. The van der Waals surface area contributed by atoms with E-state index in [0.29, 0.717) is 12.3 Å². The van der Waals surface area contributed by atoms with E-state index in [0.717, 1.165) is 12.3 Å². The van der Waals surface area contributed by atoms with Gasteiger partial charge in [-0.15, -0.1) is 12.4 Å². The maximum absolute atomic E-state index is 11.0. The first kappa shape index (κ1) is 10.0. The fourth-order valence-electron chi connectivity index (χ4n) is 2.17. The van der Waals surface area contributed by atoms with Crippen molar-refractivity contribution in [1.82, 2.24) is 5.32 Å². The molecule has 2 aliphatic rings. The molecule has 0 radical (unpaired) electrons. The minimum atomic E-state index is 0. The summed E-state index contributed by atoms with van der Waals surface area (Å²) in [5.74, 6) is 1.16. The molecule has 0 aromatic rings. The average Bonchev–Trinajstić information content (AvgIpc) is 2.06. The Morgan fingerprint density at radius 2 is 2.17 bits per heavy atom. The summed E-state index contributed by atoms with van der Waals surface area (Å²) in [6.45, 7) is 2.80. The third-order valence-corrected chi connectivity index (χ3v) is 3.26. The molecular weight excluding hydrogens is 174 g/mol. The van der Waals surface area contributed by atoms with Gasteiger partial charge in [-0.3, -0.25) is 4.79 Å². The van der Waals surface area contributed by atoms with Crippen LogP contribution in [0.3, 0.4) is 0 Å². The third-order valence-electron chi connectivity index (χ3n) is 3.26. The summed E-state index contributed by atoms with van der Waals surface area (Å²) in [4.78, 5) is 11.0. The fraction of sp³-hybridized carbons (Fsp3) is 0.889. The molecule has 1 N–H and O–H groups in total. The van der Waals surface area contributed by atoms with Crippen molar-refractivity contribution in [3.05, 3.63) is 0 Å². The van der Waals surface area contributed by atoms with Crippen LogP contribution in [0.25, 0.3) is 0 Å². The molecule has 1 atom stereocenters. The largest absolute Gasteiger partial charge is 0.304 e. The number of carbonyl (C=O) groups excluding carboxylic acids is 1. The normalized spacial score (nSPS) is 35.9. The summed E-state index contributed by atoms with van der Waals surface area (Å²) < 4.78 is 0. The minimum absolute atomic E-state index is 0. The fourth-order valence-corrected chi connectivity index (χ4v) is 2.17. The van der Waals surface area contributed by atoms with Gasteiger partial charge in [-0.25, -0.2) is 0 Å². The van der Waals surface area contributed by atoms with Crippen LogP contribution in [0.15, 0.2) is 0 Å². The highest BCUT2D eigenvalue weighted by Crippen LogP contribution is 2.39. The van der Waals surface area contributed by atoms with E-state index in [-0.39, 0.29) is 17.9 Å². The predicted molar refractivity (Wildman–Crippen MR) is 50.6 cm³/mol. The molecule has 70 valence electrons. The van der Waals surface area contributed by atoms with Gasteiger partial charge in [0.2, 0.25) is 0 Å². The van der Waals surface area contributed by atoms with Gasteiger partial charge >= 0.3 is 0 Å². The highest BCUT2D eigenvalue weighted by atomic mass is 35.5. The van der Waals surface area contributed by atoms with Crippen molar-refractivity contribution in [3.63, 3.8) is 0 Å². The Labute approximate surface area is 79.5 Å². The topological polar surface area (TPSA) is 29.1 Å². The van der Waals surface area contributed by atoms with Gasteiger partial charge in [0.25, 0.3) is 0 Å². The van der Waals surface area contributed by atoms with Crippen LogP contribution in [0.4, 0.5) is 0 Å². The number of halogens is 1. The predicted octanol–water partition coefficient (Wildman–Crippen LogP) is 1.53. The molecule has 1 aliphatic heterocycles. The van der Waals surface area contributed by atoms with E-state index in [9.17, 15) is 4.79 Å². The molecule has 2 nitrogen and oxygen atoms in total. The maximum atomic E-state index is 11.0. The van der Waals surface area contributed by atoms with Crippen LogP contribution in [-0.2, 0) is 4.79 Å². The first-order chi connectivity index (χ1) is 5.21. The van der Waals surface area contributed by atoms with Crippen LogP contribution in [-0.4, -0.2) is 17.9 Å².